The lowest BCUT2D eigenvalue weighted by Crippen LogP contribution is -2.42. The zero-order chi connectivity index (χ0) is 17.8. The molecule has 0 radical (unpaired) electrons. The zero-order valence-corrected chi connectivity index (χ0v) is 15.9. The standard InChI is InChI=1S/C19H34N4O/c1-6-23(7-2)14-10-11-16(3)22-19(20-4)21-15-17-12-8-9-13-18(17)24-5/h8-9,12-13,16H,6-7,10-11,14-15H2,1-5H3,(H2,20,21,22). The maximum absolute atomic E-state index is 5.38. The first-order valence-corrected chi connectivity index (χ1v) is 8.95. The highest BCUT2D eigenvalue weighted by Crippen LogP contribution is 2.16. The van der Waals surface area contributed by atoms with E-state index in [2.05, 4.69) is 47.4 Å². The summed E-state index contributed by atoms with van der Waals surface area (Å²) in [5, 5.41) is 6.83. The summed E-state index contributed by atoms with van der Waals surface area (Å²) in [5.41, 5.74) is 1.12. The molecule has 136 valence electrons. The Morgan fingerprint density at radius 1 is 1.25 bits per heavy atom. The van der Waals surface area contributed by atoms with Crippen molar-refractivity contribution in [1.82, 2.24) is 15.5 Å². The Bertz CT molecular complexity index is 486. The Morgan fingerprint density at radius 2 is 1.96 bits per heavy atom. The van der Waals surface area contributed by atoms with E-state index in [0.717, 1.165) is 43.3 Å². The van der Waals surface area contributed by atoms with E-state index in [1.165, 1.54) is 6.42 Å². The van der Waals surface area contributed by atoms with E-state index in [1.54, 1.807) is 14.2 Å². The van der Waals surface area contributed by atoms with E-state index >= 15 is 0 Å². The summed E-state index contributed by atoms with van der Waals surface area (Å²) in [5.74, 6) is 1.73. The van der Waals surface area contributed by atoms with Crippen molar-refractivity contribution in [2.24, 2.45) is 4.99 Å². The Hall–Kier alpha value is -1.75. The molecule has 24 heavy (non-hydrogen) atoms. The lowest BCUT2D eigenvalue weighted by atomic mass is 10.1. The van der Waals surface area contributed by atoms with Gasteiger partial charge >= 0.3 is 0 Å². The van der Waals surface area contributed by atoms with Crippen LogP contribution in [0.1, 0.15) is 39.2 Å². The maximum Gasteiger partial charge on any atom is 0.191 e. The second kappa shape index (κ2) is 11.7. The van der Waals surface area contributed by atoms with Crippen molar-refractivity contribution in [1.29, 1.82) is 0 Å². The SMILES string of the molecule is CCN(CC)CCCC(C)NC(=NC)NCc1ccccc1OC. The highest BCUT2D eigenvalue weighted by molar-refractivity contribution is 5.79. The molecule has 0 heterocycles. The summed E-state index contributed by atoms with van der Waals surface area (Å²) < 4.78 is 5.38. The molecular formula is C19H34N4O. The van der Waals surface area contributed by atoms with Crippen molar-refractivity contribution in [3.05, 3.63) is 29.8 Å². The van der Waals surface area contributed by atoms with Gasteiger partial charge in [-0.25, -0.2) is 0 Å². The van der Waals surface area contributed by atoms with Crippen LogP contribution in [0.4, 0.5) is 0 Å². The van der Waals surface area contributed by atoms with E-state index in [1.807, 2.05) is 18.2 Å². The van der Waals surface area contributed by atoms with Gasteiger partial charge in [0.05, 0.1) is 7.11 Å². The van der Waals surface area contributed by atoms with Gasteiger partial charge in [-0.1, -0.05) is 32.0 Å². The van der Waals surface area contributed by atoms with Crippen molar-refractivity contribution < 1.29 is 4.74 Å². The van der Waals surface area contributed by atoms with Crippen molar-refractivity contribution in [3.63, 3.8) is 0 Å². The van der Waals surface area contributed by atoms with Crippen molar-refractivity contribution in [3.8, 4) is 5.75 Å². The van der Waals surface area contributed by atoms with Crippen LogP contribution in [0, 0.1) is 0 Å². The minimum absolute atomic E-state index is 0.393. The van der Waals surface area contributed by atoms with Crippen LogP contribution in [-0.2, 0) is 6.54 Å². The van der Waals surface area contributed by atoms with Gasteiger partial charge in [-0.05, 0) is 45.5 Å². The lowest BCUT2D eigenvalue weighted by molar-refractivity contribution is 0.292. The molecular weight excluding hydrogens is 300 g/mol. The number of hydrogen-bond acceptors (Lipinski definition) is 3. The van der Waals surface area contributed by atoms with E-state index in [4.69, 9.17) is 4.74 Å². The number of para-hydroxylation sites is 1. The van der Waals surface area contributed by atoms with Crippen molar-refractivity contribution in [2.75, 3.05) is 33.8 Å². The molecule has 0 aliphatic carbocycles. The second-order valence-corrected chi connectivity index (χ2v) is 5.95. The number of guanidine groups is 1. The van der Waals surface area contributed by atoms with Crippen LogP contribution in [0.2, 0.25) is 0 Å². The van der Waals surface area contributed by atoms with Gasteiger partial charge in [-0.15, -0.1) is 0 Å². The number of benzene rings is 1. The Balaban J connectivity index is 2.39. The van der Waals surface area contributed by atoms with E-state index in [-0.39, 0.29) is 0 Å². The van der Waals surface area contributed by atoms with Crippen LogP contribution in [-0.4, -0.2) is 50.7 Å². The van der Waals surface area contributed by atoms with Crippen LogP contribution < -0.4 is 15.4 Å². The van der Waals surface area contributed by atoms with E-state index < -0.39 is 0 Å². The summed E-state index contributed by atoms with van der Waals surface area (Å²) in [6.45, 7) is 10.7. The minimum atomic E-state index is 0.393. The number of aliphatic imine (C=N–C) groups is 1. The summed E-state index contributed by atoms with van der Waals surface area (Å²) in [6, 6.07) is 8.43. The number of ether oxygens (including phenoxy) is 1. The van der Waals surface area contributed by atoms with E-state index in [9.17, 15) is 0 Å². The van der Waals surface area contributed by atoms with Crippen molar-refractivity contribution in [2.45, 2.75) is 46.2 Å². The fourth-order valence-corrected chi connectivity index (χ4v) is 2.69. The second-order valence-electron chi connectivity index (χ2n) is 5.95. The van der Waals surface area contributed by atoms with Gasteiger partial charge in [0.15, 0.2) is 5.96 Å². The quantitative estimate of drug-likeness (QED) is 0.510. The molecule has 0 spiro atoms. The van der Waals surface area contributed by atoms with Crippen LogP contribution in [0.15, 0.2) is 29.3 Å². The molecule has 1 aromatic rings. The average molecular weight is 335 g/mol. The fourth-order valence-electron chi connectivity index (χ4n) is 2.69. The predicted octanol–water partition coefficient (Wildman–Crippen LogP) is 2.87. The monoisotopic (exact) mass is 334 g/mol. The van der Waals surface area contributed by atoms with Gasteiger partial charge in [0, 0.05) is 25.2 Å². The first kappa shape index (κ1) is 20.3. The third-order valence-corrected chi connectivity index (χ3v) is 4.25. The minimum Gasteiger partial charge on any atom is -0.496 e. The van der Waals surface area contributed by atoms with Gasteiger partial charge in [0.1, 0.15) is 5.75 Å². The number of nitrogens with zero attached hydrogens (tertiary/aromatic N) is 2. The third-order valence-electron chi connectivity index (χ3n) is 4.25. The normalized spacial score (nSPS) is 13.0. The summed E-state index contributed by atoms with van der Waals surface area (Å²) in [4.78, 5) is 6.78. The molecule has 0 saturated carbocycles. The topological polar surface area (TPSA) is 48.9 Å². The number of nitrogens with one attached hydrogen (secondary N) is 2. The van der Waals surface area contributed by atoms with Crippen molar-refractivity contribution >= 4 is 5.96 Å². The molecule has 0 amide bonds. The van der Waals surface area contributed by atoms with Gasteiger partial charge in [0.2, 0.25) is 0 Å². The molecule has 1 atom stereocenters. The van der Waals surface area contributed by atoms with Gasteiger partial charge in [-0.3, -0.25) is 4.99 Å². The van der Waals surface area contributed by atoms with Gasteiger partial charge in [-0.2, -0.15) is 0 Å². The molecule has 1 unspecified atom stereocenters. The Labute approximate surface area is 147 Å². The number of methoxy groups -OCH3 is 1. The molecule has 5 heteroatoms. The van der Waals surface area contributed by atoms with Gasteiger partial charge < -0.3 is 20.3 Å². The summed E-state index contributed by atoms with van der Waals surface area (Å²) in [7, 11) is 3.50. The molecule has 2 N–H and O–H groups in total. The van der Waals surface area contributed by atoms with Crippen LogP contribution in [0.25, 0.3) is 0 Å². The fraction of sp³-hybridized carbons (Fsp3) is 0.632. The number of rotatable bonds is 10. The van der Waals surface area contributed by atoms with Crippen LogP contribution in [0.3, 0.4) is 0 Å². The summed E-state index contributed by atoms with van der Waals surface area (Å²) >= 11 is 0. The third kappa shape index (κ3) is 7.21. The van der Waals surface area contributed by atoms with E-state index in [0.29, 0.717) is 12.6 Å². The molecule has 0 saturated heterocycles. The highest BCUT2D eigenvalue weighted by Gasteiger charge is 2.08. The molecule has 0 aliphatic heterocycles. The lowest BCUT2D eigenvalue weighted by Gasteiger charge is -2.21. The van der Waals surface area contributed by atoms with Crippen LogP contribution in [0.5, 0.6) is 5.75 Å². The summed E-state index contributed by atoms with van der Waals surface area (Å²) in [6.07, 6.45) is 2.32. The Kier molecular flexibility index (Phi) is 9.92. The molecule has 1 rings (SSSR count). The molecule has 0 aliphatic rings. The predicted molar refractivity (Wildman–Crippen MR) is 103 cm³/mol. The molecule has 0 fully saturated rings. The maximum atomic E-state index is 5.38. The first-order valence-electron chi connectivity index (χ1n) is 8.95. The first-order chi connectivity index (χ1) is 11.6. The number of hydrogen-bond donors (Lipinski definition) is 2. The smallest absolute Gasteiger partial charge is 0.191 e. The van der Waals surface area contributed by atoms with Crippen LogP contribution >= 0.6 is 0 Å². The molecule has 1 aromatic carbocycles. The molecule has 0 bridgehead atoms. The Morgan fingerprint density at radius 3 is 2.58 bits per heavy atom. The molecule has 5 nitrogen and oxygen atoms in total. The highest BCUT2D eigenvalue weighted by atomic mass is 16.5. The largest absolute Gasteiger partial charge is 0.496 e. The average Bonchev–Trinajstić information content (AvgIpc) is 2.62. The zero-order valence-electron chi connectivity index (χ0n) is 15.9. The van der Waals surface area contributed by atoms with Gasteiger partial charge in [0.25, 0.3) is 0 Å². The molecule has 0 aromatic heterocycles.